The second-order valence-electron chi connectivity index (χ2n) is 4.04. The van der Waals surface area contributed by atoms with Crippen molar-refractivity contribution in [3.8, 4) is 0 Å². The zero-order valence-electron chi connectivity index (χ0n) is 9.17. The molecule has 0 bridgehead atoms. The molecule has 17 heavy (non-hydrogen) atoms. The van der Waals surface area contributed by atoms with Gasteiger partial charge in [0, 0.05) is 32.0 Å². The van der Waals surface area contributed by atoms with Gasteiger partial charge in [-0.3, -0.25) is 4.98 Å². The second-order valence-corrected chi connectivity index (χ2v) is 5.81. The SMILES string of the molecule is O=S(=O)(NCC1(O)CCOC1)c1cccnc1. The topological polar surface area (TPSA) is 88.5 Å². The van der Waals surface area contributed by atoms with Gasteiger partial charge in [0.2, 0.25) is 10.0 Å². The Morgan fingerprint density at radius 1 is 1.59 bits per heavy atom. The van der Waals surface area contributed by atoms with E-state index >= 15 is 0 Å². The summed E-state index contributed by atoms with van der Waals surface area (Å²) in [6, 6.07) is 2.99. The van der Waals surface area contributed by atoms with Gasteiger partial charge in [-0.1, -0.05) is 0 Å². The third kappa shape index (κ3) is 3.01. The number of sulfonamides is 1. The van der Waals surface area contributed by atoms with Gasteiger partial charge in [-0.2, -0.15) is 0 Å². The zero-order valence-corrected chi connectivity index (χ0v) is 9.98. The van der Waals surface area contributed by atoms with E-state index in [2.05, 4.69) is 9.71 Å². The number of nitrogens with zero attached hydrogens (tertiary/aromatic N) is 1. The zero-order chi connectivity index (χ0) is 12.4. The summed E-state index contributed by atoms with van der Waals surface area (Å²) in [5.41, 5.74) is -1.10. The molecule has 0 spiro atoms. The van der Waals surface area contributed by atoms with Crippen LogP contribution in [0, 0.1) is 0 Å². The Morgan fingerprint density at radius 3 is 3.00 bits per heavy atom. The van der Waals surface area contributed by atoms with Crippen LogP contribution in [0.5, 0.6) is 0 Å². The van der Waals surface area contributed by atoms with Crippen molar-refractivity contribution in [2.75, 3.05) is 19.8 Å². The van der Waals surface area contributed by atoms with Crippen molar-refractivity contribution in [2.24, 2.45) is 0 Å². The minimum absolute atomic E-state index is 0.0514. The molecule has 1 aromatic rings. The molecule has 0 aromatic carbocycles. The fraction of sp³-hybridized carbons (Fsp3) is 0.500. The molecule has 0 amide bonds. The molecular formula is C10H14N2O4S. The van der Waals surface area contributed by atoms with Crippen LogP contribution in [0.3, 0.4) is 0 Å². The highest BCUT2D eigenvalue weighted by atomic mass is 32.2. The van der Waals surface area contributed by atoms with E-state index in [1.54, 1.807) is 6.07 Å². The lowest BCUT2D eigenvalue weighted by molar-refractivity contribution is 0.0314. The van der Waals surface area contributed by atoms with Gasteiger partial charge in [-0.15, -0.1) is 0 Å². The molecule has 2 N–H and O–H groups in total. The molecular weight excluding hydrogens is 244 g/mol. The Hall–Kier alpha value is -1.02. The summed E-state index contributed by atoms with van der Waals surface area (Å²) < 4.78 is 31.0. The smallest absolute Gasteiger partial charge is 0.242 e. The summed E-state index contributed by atoms with van der Waals surface area (Å²) in [5.74, 6) is 0. The molecule has 2 heterocycles. The standard InChI is InChI=1S/C10H14N2O4S/c13-10(3-5-16-8-10)7-12-17(14,15)9-2-1-4-11-6-9/h1-2,4,6,12-13H,3,5,7-8H2. The first-order chi connectivity index (χ1) is 8.02. The summed E-state index contributed by atoms with van der Waals surface area (Å²) in [6.45, 7) is 0.553. The van der Waals surface area contributed by atoms with Crippen molar-refractivity contribution < 1.29 is 18.3 Å². The van der Waals surface area contributed by atoms with Crippen LogP contribution in [0.4, 0.5) is 0 Å². The van der Waals surface area contributed by atoms with Crippen LogP contribution in [0.1, 0.15) is 6.42 Å². The number of rotatable bonds is 4. The van der Waals surface area contributed by atoms with E-state index in [4.69, 9.17) is 4.74 Å². The third-order valence-electron chi connectivity index (χ3n) is 2.62. The number of pyridine rings is 1. The maximum atomic E-state index is 11.8. The van der Waals surface area contributed by atoms with Gasteiger partial charge in [-0.05, 0) is 12.1 Å². The maximum Gasteiger partial charge on any atom is 0.242 e. The minimum Gasteiger partial charge on any atom is -0.386 e. The number of aliphatic hydroxyl groups is 1. The third-order valence-corrected chi connectivity index (χ3v) is 4.00. The number of ether oxygens (including phenoxy) is 1. The van der Waals surface area contributed by atoms with Crippen LogP contribution in [0.15, 0.2) is 29.4 Å². The van der Waals surface area contributed by atoms with Gasteiger partial charge < -0.3 is 9.84 Å². The van der Waals surface area contributed by atoms with Crippen LogP contribution in [-0.4, -0.2) is 43.9 Å². The van der Waals surface area contributed by atoms with Crippen LogP contribution >= 0.6 is 0 Å². The molecule has 1 saturated heterocycles. The number of aromatic nitrogens is 1. The Bertz CT molecular complexity index is 468. The Balaban J connectivity index is 2.04. The van der Waals surface area contributed by atoms with E-state index in [-0.39, 0.29) is 18.0 Å². The quantitative estimate of drug-likeness (QED) is 0.761. The van der Waals surface area contributed by atoms with Gasteiger partial charge in [0.05, 0.1) is 6.61 Å². The van der Waals surface area contributed by atoms with Gasteiger partial charge in [0.1, 0.15) is 10.5 Å². The van der Waals surface area contributed by atoms with Crippen molar-refractivity contribution in [1.29, 1.82) is 0 Å². The van der Waals surface area contributed by atoms with Crippen LogP contribution < -0.4 is 4.72 Å². The average molecular weight is 258 g/mol. The highest BCUT2D eigenvalue weighted by molar-refractivity contribution is 7.89. The lowest BCUT2D eigenvalue weighted by Gasteiger charge is -2.20. The monoisotopic (exact) mass is 258 g/mol. The Labute approximate surface area is 99.7 Å². The normalized spacial score (nSPS) is 25.0. The van der Waals surface area contributed by atoms with E-state index < -0.39 is 15.6 Å². The van der Waals surface area contributed by atoms with Gasteiger partial charge >= 0.3 is 0 Å². The molecule has 1 unspecified atom stereocenters. The predicted molar refractivity (Wildman–Crippen MR) is 59.8 cm³/mol. The first-order valence-electron chi connectivity index (χ1n) is 5.22. The molecule has 0 saturated carbocycles. The fourth-order valence-electron chi connectivity index (χ4n) is 1.55. The van der Waals surface area contributed by atoms with Crippen molar-refractivity contribution in [3.05, 3.63) is 24.5 Å². The molecule has 0 aliphatic carbocycles. The van der Waals surface area contributed by atoms with Crippen molar-refractivity contribution >= 4 is 10.0 Å². The van der Waals surface area contributed by atoms with Crippen LogP contribution in [-0.2, 0) is 14.8 Å². The first-order valence-corrected chi connectivity index (χ1v) is 6.70. The Kier molecular flexibility index (Phi) is 3.43. The molecule has 2 rings (SSSR count). The van der Waals surface area contributed by atoms with E-state index in [1.165, 1.54) is 18.5 Å². The van der Waals surface area contributed by atoms with Crippen molar-refractivity contribution in [3.63, 3.8) is 0 Å². The average Bonchev–Trinajstić information content (AvgIpc) is 2.76. The molecule has 94 valence electrons. The number of nitrogens with one attached hydrogen (secondary N) is 1. The van der Waals surface area contributed by atoms with Gasteiger partial charge in [-0.25, -0.2) is 13.1 Å². The summed E-state index contributed by atoms with van der Waals surface area (Å²) in [7, 11) is -3.61. The first kappa shape index (κ1) is 12.4. The molecule has 7 heteroatoms. The Morgan fingerprint density at radius 2 is 2.41 bits per heavy atom. The van der Waals surface area contributed by atoms with Crippen molar-refractivity contribution in [2.45, 2.75) is 16.9 Å². The summed E-state index contributed by atoms with van der Waals surface area (Å²) in [5, 5.41) is 9.93. The van der Waals surface area contributed by atoms with E-state index in [1.807, 2.05) is 0 Å². The molecule has 1 fully saturated rings. The van der Waals surface area contributed by atoms with Crippen LogP contribution in [0.2, 0.25) is 0 Å². The molecule has 1 aliphatic rings. The van der Waals surface area contributed by atoms with E-state index in [9.17, 15) is 13.5 Å². The fourth-order valence-corrected chi connectivity index (χ4v) is 2.64. The molecule has 0 radical (unpaired) electrons. The summed E-state index contributed by atoms with van der Waals surface area (Å²) >= 11 is 0. The molecule has 1 aliphatic heterocycles. The second kappa shape index (κ2) is 4.69. The number of hydrogen-bond acceptors (Lipinski definition) is 5. The highest BCUT2D eigenvalue weighted by Gasteiger charge is 2.33. The van der Waals surface area contributed by atoms with E-state index in [0.717, 1.165) is 0 Å². The number of hydrogen-bond donors (Lipinski definition) is 2. The van der Waals surface area contributed by atoms with Gasteiger partial charge in [0.15, 0.2) is 0 Å². The molecule has 6 nitrogen and oxygen atoms in total. The lowest BCUT2D eigenvalue weighted by atomic mass is 10.1. The summed E-state index contributed by atoms with van der Waals surface area (Å²) in [6.07, 6.45) is 3.19. The molecule has 1 aromatic heterocycles. The minimum atomic E-state index is -3.61. The predicted octanol–water partition coefficient (Wildman–Crippen LogP) is -0.489. The maximum absolute atomic E-state index is 11.8. The molecule has 1 atom stereocenters. The van der Waals surface area contributed by atoms with Gasteiger partial charge in [0.25, 0.3) is 0 Å². The van der Waals surface area contributed by atoms with Crippen LogP contribution in [0.25, 0.3) is 0 Å². The lowest BCUT2D eigenvalue weighted by Crippen LogP contribution is -2.43. The van der Waals surface area contributed by atoms with Crippen molar-refractivity contribution in [1.82, 2.24) is 9.71 Å². The van der Waals surface area contributed by atoms with E-state index in [0.29, 0.717) is 13.0 Å². The highest BCUT2D eigenvalue weighted by Crippen LogP contribution is 2.18. The largest absolute Gasteiger partial charge is 0.386 e. The summed E-state index contributed by atoms with van der Waals surface area (Å²) in [4.78, 5) is 3.83.